The van der Waals surface area contributed by atoms with E-state index < -0.39 is 0 Å². The molecule has 1 aliphatic rings. The molecule has 0 radical (unpaired) electrons. The maximum atomic E-state index is 11.7. The Balaban J connectivity index is 2.05. The van der Waals surface area contributed by atoms with Crippen molar-refractivity contribution >= 4 is 16.8 Å². The third-order valence-electron chi connectivity index (χ3n) is 3.55. The zero-order valence-corrected chi connectivity index (χ0v) is 10.7. The van der Waals surface area contributed by atoms with Gasteiger partial charge >= 0.3 is 0 Å². The van der Waals surface area contributed by atoms with Gasteiger partial charge in [0.1, 0.15) is 17.1 Å². The number of hydrogen-bond donors (Lipinski definition) is 1. The van der Waals surface area contributed by atoms with E-state index in [-0.39, 0.29) is 12.1 Å². The molecule has 0 saturated carbocycles. The largest absolute Gasteiger partial charge is 0.461 e. The van der Waals surface area contributed by atoms with Crippen LogP contribution in [0.5, 0.6) is 0 Å². The molecule has 1 aromatic carbocycles. The maximum absolute atomic E-state index is 11.7. The second-order valence-corrected chi connectivity index (χ2v) is 5.18. The first-order valence-corrected chi connectivity index (χ1v) is 6.40. The standard InChI is InChI=1S/C15H17NO2/c1-9-6-11(17)8-14(16-9)12-4-3-5-15-13(12)7-10(2)18-15/h3-5,7,9,14,16H,6,8H2,1-2H3. The zero-order chi connectivity index (χ0) is 12.7. The molecule has 3 rings (SSSR count). The summed E-state index contributed by atoms with van der Waals surface area (Å²) in [5, 5.41) is 4.62. The molecule has 94 valence electrons. The molecule has 2 unspecified atom stereocenters. The predicted octanol–water partition coefficient (Wildman–Crippen LogP) is 3.12. The molecule has 0 aliphatic carbocycles. The summed E-state index contributed by atoms with van der Waals surface area (Å²) in [6.07, 6.45) is 1.21. The highest BCUT2D eigenvalue weighted by atomic mass is 16.3. The van der Waals surface area contributed by atoms with Crippen molar-refractivity contribution in [2.45, 2.75) is 38.8 Å². The number of benzene rings is 1. The molecule has 1 saturated heterocycles. The van der Waals surface area contributed by atoms with Crippen LogP contribution in [0.25, 0.3) is 11.0 Å². The number of aryl methyl sites for hydroxylation is 1. The number of furan rings is 1. The Morgan fingerprint density at radius 2 is 2.17 bits per heavy atom. The Bertz CT molecular complexity index is 600. The lowest BCUT2D eigenvalue weighted by molar-refractivity contribution is -0.121. The molecule has 0 bridgehead atoms. The van der Waals surface area contributed by atoms with E-state index in [4.69, 9.17) is 4.42 Å². The fourth-order valence-corrected chi connectivity index (χ4v) is 2.83. The molecule has 3 nitrogen and oxygen atoms in total. The van der Waals surface area contributed by atoms with Gasteiger partial charge in [-0.05, 0) is 31.5 Å². The molecule has 0 spiro atoms. The number of carbonyl (C=O) groups is 1. The number of ketones is 1. The Labute approximate surface area is 106 Å². The van der Waals surface area contributed by atoms with Gasteiger partial charge in [0, 0.05) is 30.3 Å². The van der Waals surface area contributed by atoms with Crippen molar-refractivity contribution in [2.24, 2.45) is 0 Å². The molecule has 18 heavy (non-hydrogen) atoms. The number of Topliss-reactive ketones (excluding diaryl/α,β-unsaturated/α-hetero) is 1. The molecular weight excluding hydrogens is 226 g/mol. The number of nitrogens with one attached hydrogen (secondary N) is 1. The molecule has 2 atom stereocenters. The van der Waals surface area contributed by atoms with Crippen molar-refractivity contribution in [3.05, 3.63) is 35.6 Å². The molecule has 1 aliphatic heterocycles. The van der Waals surface area contributed by atoms with E-state index in [1.54, 1.807) is 0 Å². The number of carbonyl (C=O) groups excluding carboxylic acids is 1. The lowest BCUT2D eigenvalue weighted by Crippen LogP contribution is -2.38. The number of fused-ring (bicyclic) bond motifs is 1. The Morgan fingerprint density at radius 3 is 2.94 bits per heavy atom. The average molecular weight is 243 g/mol. The van der Waals surface area contributed by atoms with E-state index in [1.165, 1.54) is 5.56 Å². The van der Waals surface area contributed by atoms with Gasteiger partial charge in [-0.15, -0.1) is 0 Å². The lowest BCUT2D eigenvalue weighted by Gasteiger charge is -2.28. The summed E-state index contributed by atoms with van der Waals surface area (Å²) < 4.78 is 5.64. The Kier molecular flexibility index (Phi) is 2.71. The predicted molar refractivity (Wildman–Crippen MR) is 70.5 cm³/mol. The van der Waals surface area contributed by atoms with Crippen molar-refractivity contribution in [1.29, 1.82) is 0 Å². The highest BCUT2D eigenvalue weighted by Gasteiger charge is 2.26. The van der Waals surface area contributed by atoms with Gasteiger partial charge in [-0.1, -0.05) is 12.1 Å². The van der Waals surface area contributed by atoms with Gasteiger partial charge in [0.05, 0.1) is 0 Å². The summed E-state index contributed by atoms with van der Waals surface area (Å²) in [5.74, 6) is 1.25. The molecular formula is C15H17NO2. The quantitative estimate of drug-likeness (QED) is 0.836. The Hall–Kier alpha value is -1.61. The monoisotopic (exact) mass is 243 g/mol. The first kappa shape index (κ1) is 11.5. The van der Waals surface area contributed by atoms with Crippen LogP contribution in [0, 0.1) is 6.92 Å². The van der Waals surface area contributed by atoms with Crippen molar-refractivity contribution < 1.29 is 9.21 Å². The maximum Gasteiger partial charge on any atom is 0.136 e. The normalized spacial score (nSPS) is 24.7. The fourth-order valence-electron chi connectivity index (χ4n) is 2.83. The van der Waals surface area contributed by atoms with Gasteiger partial charge < -0.3 is 9.73 Å². The van der Waals surface area contributed by atoms with Crippen molar-refractivity contribution in [3.8, 4) is 0 Å². The first-order valence-electron chi connectivity index (χ1n) is 6.40. The minimum Gasteiger partial charge on any atom is -0.461 e. The summed E-state index contributed by atoms with van der Waals surface area (Å²) >= 11 is 0. The topological polar surface area (TPSA) is 42.2 Å². The minimum absolute atomic E-state index is 0.113. The molecule has 2 aromatic rings. The van der Waals surface area contributed by atoms with Gasteiger partial charge in [-0.25, -0.2) is 0 Å². The van der Waals surface area contributed by atoms with Crippen LogP contribution in [0.4, 0.5) is 0 Å². The summed E-state index contributed by atoms with van der Waals surface area (Å²) in [5.41, 5.74) is 2.07. The van der Waals surface area contributed by atoms with Gasteiger partial charge in [0.2, 0.25) is 0 Å². The van der Waals surface area contributed by atoms with Crippen LogP contribution in [0.1, 0.15) is 37.1 Å². The van der Waals surface area contributed by atoms with Crippen LogP contribution in [0.2, 0.25) is 0 Å². The van der Waals surface area contributed by atoms with E-state index in [1.807, 2.05) is 19.1 Å². The van der Waals surface area contributed by atoms with Crippen LogP contribution < -0.4 is 5.32 Å². The molecule has 1 fully saturated rings. The molecule has 1 N–H and O–H groups in total. The van der Waals surface area contributed by atoms with E-state index in [2.05, 4.69) is 24.4 Å². The van der Waals surface area contributed by atoms with E-state index >= 15 is 0 Å². The second-order valence-electron chi connectivity index (χ2n) is 5.18. The van der Waals surface area contributed by atoms with E-state index in [9.17, 15) is 4.79 Å². The Morgan fingerprint density at radius 1 is 1.33 bits per heavy atom. The summed E-state index contributed by atoms with van der Waals surface area (Å²) in [6.45, 7) is 4.01. The molecule has 3 heteroatoms. The van der Waals surface area contributed by atoms with Crippen LogP contribution in [0.15, 0.2) is 28.7 Å². The van der Waals surface area contributed by atoms with E-state index in [0.717, 1.165) is 16.7 Å². The van der Waals surface area contributed by atoms with Crippen LogP contribution in [-0.4, -0.2) is 11.8 Å². The van der Waals surface area contributed by atoms with Crippen LogP contribution >= 0.6 is 0 Å². The highest BCUT2D eigenvalue weighted by Crippen LogP contribution is 2.31. The van der Waals surface area contributed by atoms with Crippen molar-refractivity contribution in [3.63, 3.8) is 0 Å². The van der Waals surface area contributed by atoms with Crippen molar-refractivity contribution in [2.75, 3.05) is 0 Å². The molecule has 2 heterocycles. The molecule has 0 amide bonds. The van der Waals surface area contributed by atoms with Gasteiger partial charge in [0.25, 0.3) is 0 Å². The minimum atomic E-state index is 0.113. The smallest absolute Gasteiger partial charge is 0.136 e. The third-order valence-corrected chi connectivity index (χ3v) is 3.55. The average Bonchev–Trinajstić information content (AvgIpc) is 2.67. The fraction of sp³-hybridized carbons (Fsp3) is 0.400. The van der Waals surface area contributed by atoms with Gasteiger partial charge in [-0.2, -0.15) is 0 Å². The zero-order valence-electron chi connectivity index (χ0n) is 10.7. The second kappa shape index (κ2) is 4.25. The molecule has 1 aromatic heterocycles. The highest BCUT2D eigenvalue weighted by molar-refractivity contribution is 5.85. The first-order chi connectivity index (χ1) is 8.63. The summed E-state index contributed by atoms with van der Waals surface area (Å²) in [6, 6.07) is 8.46. The SMILES string of the molecule is Cc1cc2c(C3CC(=O)CC(C)N3)cccc2o1. The summed E-state index contributed by atoms with van der Waals surface area (Å²) in [4.78, 5) is 11.7. The summed E-state index contributed by atoms with van der Waals surface area (Å²) in [7, 11) is 0. The van der Waals surface area contributed by atoms with Gasteiger partial charge in [0.15, 0.2) is 0 Å². The van der Waals surface area contributed by atoms with Crippen molar-refractivity contribution in [1.82, 2.24) is 5.32 Å². The van der Waals surface area contributed by atoms with E-state index in [0.29, 0.717) is 18.6 Å². The third kappa shape index (κ3) is 1.95. The lowest BCUT2D eigenvalue weighted by atomic mass is 9.91. The van der Waals surface area contributed by atoms with Crippen LogP contribution in [-0.2, 0) is 4.79 Å². The number of rotatable bonds is 1. The number of piperidine rings is 1. The van der Waals surface area contributed by atoms with Gasteiger partial charge in [-0.3, -0.25) is 4.79 Å². The van der Waals surface area contributed by atoms with Crippen LogP contribution in [0.3, 0.4) is 0 Å². The number of hydrogen-bond acceptors (Lipinski definition) is 3.